The van der Waals surface area contributed by atoms with Crippen molar-refractivity contribution in [2.24, 2.45) is 0 Å². The van der Waals surface area contributed by atoms with E-state index in [1.165, 1.54) is 0 Å². The van der Waals surface area contributed by atoms with Crippen molar-refractivity contribution in [3.05, 3.63) is 35.1 Å². The summed E-state index contributed by atoms with van der Waals surface area (Å²) in [5.74, 6) is 0.680. The molecule has 0 bridgehead atoms. The Kier molecular flexibility index (Phi) is 2.56. The number of hydrogen-bond acceptors (Lipinski definition) is 3. The summed E-state index contributed by atoms with van der Waals surface area (Å²) in [6.07, 6.45) is 2.31. The number of aldehydes is 1. The third-order valence-electron chi connectivity index (χ3n) is 2.22. The van der Waals surface area contributed by atoms with Gasteiger partial charge in [-0.2, -0.15) is 0 Å². The van der Waals surface area contributed by atoms with Crippen molar-refractivity contribution in [2.75, 3.05) is 7.11 Å². The fraction of sp³-hybridized carbons (Fsp3) is 0.0909. The maximum atomic E-state index is 10.9. The van der Waals surface area contributed by atoms with Gasteiger partial charge in [0.25, 0.3) is 0 Å². The molecule has 0 atom stereocenters. The van der Waals surface area contributed by atoms with E-state index in [1.54, 1.807) is 13.3 Å². The van der Waals surface area contributed by atoms with Gasteiger partial charge >= 0.3 is 0 Å². The molecule has 0 aliphatic rings. The lowest BCUT2D eigenvalue weighted by molar-refractivity contribution is 0.112. The molecule has 1 aromatic heterocycles. The summed E-state index contributed by atoms with van der Waals surface area (Å²) in [5.41, 5.74) is 0.396. The first-order chi connectivity index (χ1) is 7.27. The van der Waals surface area contributed by atoms with Gasteiger partial charge < -0.3 is 4.74 Å². The van der Waals surface area contributed by atoms with Gasteiger partial charge in [-0.25, -0.2) is 4.98 Å². The van der Waals surface area contributed by atoms with Crippen LogP contribution in [0.5, 0.6) is 5.75 Å². The normalized spacial score (nSPS) is 10.3. The highest BCUT2D eigenvalue weighted by molar-refractivity contribution is 6.33. The molecule has 0 unspecified atom stereocenters. The van der Waals surface area contributed by atoms with E-state index in [-0.39, 0.29) is 5.15 Å². The molecule has 0 aliphatic heterocycles. The number of carbonyl (C=O) groups is 1. The maximum absolute atomic E-state index is 10.9. The van der Waals surface area contributed by atoms with Crippen LogP contribution in [0.25, 0.3) is 10.8 Å². The third-order valence-corrected chi connectivity index (χ3v) is 2.52. The molecule has 1 aromatic carbocycles. The lowest BCUT2D eigenvalue weighted by Gasteiger charge is -2.06. The molecule has 0 N–H and O–H groups in total. The van der Waals surface area contributed by atoms with Crippen LogP contribution >= 0.6 is 11.6 Å². The van der Waals surface area contributed by atoms with Crippen molar-refractivity contribution in [3.63, 3.8) is 0 Å². The summed E-state index contributed by atoms with van der Waals surface area (Å²) in [4.78, 5) is 14.8. The highest BCUT2D eigenvalue weighted by atomic mass is 35.5. The van der Waals surface area contributed by atoms with E-state index >= 15 is 0 Å². The molecule has 2 rings (SSSR count). The van der Waals surface area contributed by atoms with Crippen LogP contribution in [0.4, 0.5) is 0 Å². The zero-order chi connectivity index (χ0) is 10.8. The number of pyridine rings is 1. The molecule has 1 heterocycles. The number of ether oxygens (including phenoxy) is 1. The maximum Gasteiger partial charge on any atom is 0.153 e. The number of halogens is 1. The molecular weight excluding hydrogens is 214 g/mol. The largest absolute Gasteiger partial charge is 0.496 e. The second kappa shape index (κ2) is 3.87. The van der Waals surface area contributed by atoms with Crippen LogP contribution in [0.3, 0.4) is 0 Å². The molecule has 0 saturated carbocycles. The second-order valence-corrected chi connectivity index (χ2v) is 3.36. The molecule has 15 heavy (non-hydrogen) atoms. The third kappa shape index (κ3) is 1.55. The standard InChI is InChI=1S/C11H8ClNO2/c1-15-10-4-2-3-7-8(10)5-13-11(12)9(7)6-14/h2-6H,1H3. The lowest BCUT2D eigenvalue weighted by Crippen LogP contribution is -1.91. The number of rotatable bonds is 2. The van der Waals surface area contributed by atoms with Gasteiger partial charge in [0.1, 0.15) is 10.9 Å². The minimum absolute atomic E-state index is 0.214. The van der Waals surface area contributed by atoms with Gasteiger partial charge in [-0.1, -0.05) is 23.7 Å². The Morgan fingerprint density at radius 2 is 2.20 bits per heavy atom. The molecule has 3 nitrogen and oxygen atoms in total. The zero-order valence-corrected chi connectivity index (χ0v) is 8.78. The first kappa shape index (κ1) is 9.93. The fourth-order valence-electron chi connectivity index (χ4n) is 1.50. The van der Waals surface area contributed by atoms with Crippen LogP contribution in [-0.2, 0) is 0 Å². The SMILES string of the molecule is COc1cccc2c(C=O)c(Cl)ncc12. The first-order valence-electron chi connectivity index (χ1n) is 4.34. The van der Waals surface area contributed by atoms with Crippen LogP contribution in [0.1, 0.15) is 10.4 Å². The number of benzene rings is 1. The summed E-state index contributed by atoms with van der Waals surface area (Å²) in [5, 5.41) is 1.75. The topological polar surface area (TPSA) is 39.2 Å². The minimum atomic E-state index is 0.214. The van der Waals surface area contributed by atoms with Gasteiger partial charge in [0, 0.05) is 17.0 Å². The number of aromatic nitrogens is 1. The van der Waals surface area contributed by atoms with Crippen LogP contribution in [0, 0.1) is 0 Å². The molecule has 0 spiro atoms. The average molecular weight is 222 g/mol. The van der Waals surface area contributed by atoms with Gasteiger partial charge in [-0.05, 0) is 6.07 Å². The highest BCUT2D eigenvalue weighted by Crippen LogP contribution is 2.29. The summed E-state index contributed by atoms with van der Waals surface area (Å²) >= 11 is 5.82. The summed E-state index contributed by atoms with van der Waals surface area (Å²) in [6, 6.07) is 5.44. The van der Waals surface area contributed by atoms with E-state index in [4.69, 9.17) is 16.3 Å². The van der Waals surface area contributed by atoms with Crippen molar-refractivity contribution >= 4 is 28.7 Å². The van der Waals surface area contributed by atoms with Gasteiger partial charge in [-0.3, -0.25) is 4.79 Å². The molecule has 0 amide bonds. The highest BCUT2D eigenvalue weighted by Gasteiger charge is 2.09. The molecule has 0 aliphatic carbocycles. The Morgan fingerprint density at radius 3 is 2.87 bits per heavy atom. The fourth-order valence-corrected chi connectivity index (χ4v) is 1.70. The monoisotopic (exact) mass is 221 g/mol. The van der Waals surface area contributed by atoms with Gasteiger partial charge in [0.15, 0.2) is 6.29 Å². The minimum Gasteiger partial charge on any atom is -0.496 e. The average Bonchev–Trinajstić information content (AvgIpc) is 2.28. The van der Waals surface area contributed by atoms with Crippen LogP contribution < -0.4 is 4.74 Å². The zero-order valence-electron chi connectivity index (χ0n) is 8.03. The lowest BCUT2D eigenvalue weighted by atomic mass is 10.1. The quantitative estimate of drug-likeness (QED) is 0.578. The van der Waals surface area contributed by atoms with Crippen molar-refractivity contribution in [3.8, 4) is 5.75 Å². The number of carbonyl (C=O) groups excluding carboxylic acids is 1. The van der Waals surface area contributed by atoms with Crippen molar-refractivity contribution in [1.29, 1.82) is 0 Å². The Bertz CT molecular complexity index is 525. The van der Waals surface area contributed by atoms with E-state index in [2.05, 4.69) is 4.98 Å². The van der Waals surface area contributed by atoms with E-state index in [0.29, 0.717) is 17.6 Å². The molecule has 4 heteroatoms. The molecule has 0 radical (unpaired) electrons. The van der Waals surface area contributed by atoms with Crippen molar-refractivity contribution in [1.82, 2.24) is 4.98 Å². The number of nitrogens with zero attached hydrogens (tertiary/aromatic N) is 1. The Morgan fingerprint density at radius 1 is 1.40 bits per heavy atom. The Balaban J connectivity index is 2.88. The Labute approximate surface area is 91.6 Å². The number of hydrogen-bond donors (Lipinski definition) is 0. The van der Waals surface area contributed by atoms with Crippen molar-refractivity contribution < 1.29 is 9.53 Å². The van der Waals surface area contributed by atoms with Gasteiger partial charge in [0.2, 0.25) is 0 Å². The first-order valence-corrected chi connectivity index (χ1v) is 4.72. The van der Waals surface area contributed by atoms with E-state index in [9.17, 15) is 4.79 Å². The van der Waals surface area contributed by atoms with Crippen LogP contribution in [0.2, 0.25) is 5.15 Å². The predicted molar refractivity (Wildman–Crippen MR) is 58.7 cm³/mol. The molecule has 2 aromatic rings. The summed E-state index contributed by atoms with van der Waals surface area (Å²) in [7, 11) is 1.57. The van der Waals surface area contributed by atoms with E-state index in [0.717, 1.165) is 10.8 Å². The summed E-state index contributed by atoms with van der Waals surface area (Å²) < 4.78 is 5.17. The predicted octanol–water partition coefficient (Wildman–Crippen LogP) is 2.71. The van der Waals surface area contributed by atoms with E-state index in [1.807, 2.05) is 18.2 Å². The number of fused-ring (bicyclic) bond motifs is 1. The molecule has 76 valence electrons. The Hall–Kier alpha value is -1.61. The van der Waals surface area contributed by atoms with Gasteiger partial charge in [0.05, 0.1) is 12.7 Å². The summed E-state index contributed by atoms with van der Waals surface area (Å²) in [6.45, 7) is 0. The number of methoxy groups -OCH3 is 1. The second-order valence-electron chi connectivity index (χ2n) is 3.00. The smallest absolute Gasteiger partial charge is 0.153 e. The van der Waals surface area contributed by atoms with E-state index < -0.39 is 0 Å². The molecule has 0 fully saturated rings. The molecular formula is C11H8ClNO2. The van der Waals surface area contributed by atoms with Crippen molar-refractivity contribution in [2.45, 2.75) is 0 Å². The van der Waals surface area contributed by atoms with Crippen LogP contribution in [0.15, 0.2) is 24.4 Å². The molecule has 0 saturated heterocycles. The van der Waals surface area contributed by atoms with Crippen LogP contribution in [-0.4, -0.2) is 18.4 Å². The van der Waals surface area contributed by atoms with Gasteiger partial charge in [-0.15, -0.1) is 0 Å².